The minimum absolute atomic E-state index is 0.136. The molecule has 33 heavy (non-hydrogen) atoms. The van der Waals surface area contributed by atoms with E-state index in [0.29, 0.717) is 5.92 Å². The van der Waals surface area contributed by atoms with Crippen LogP contribution in [-0.4, -0.2) is 65.2 Å². The molecule has 0 atom stereocenters. The lowest BCUT2D eigenvalue weighted by Crippen LogP contribution is -2.56. The highest BCUT2D eigenvalue weighted by Gasteiger charge is 2.39. The number of carbonyl (C=O) groups excluding carboxylic acids is 1. The first kappa shape index (κ1) is 24.1. The van der Waals surface area contributed by atoms with Crippen molar-refractivity contribution in [2.75, 3.05) is 33.2 Å². The SMILES string of the molecule is CN=C(c1ccc(Br)cc1)C1CCN(C2(C)CCN(C(=O)c3c(C)ccnc3C)CC2)CC1. The fourth-order valence-corrected chi connectivity index (χ4v) is 5.81. The van der Waals surface area contributed by atoms with Gasteiger partial charge in [-0.2, -0.15) is 0 Å². The Bertz CT molecular complexity index is 997. The highest BCUT2D eigenvalue weighted by atomic mass is 79.9. The van der Waals surface area contributed by atoms with Crippen molar-refractivity contribution >= 4 is 27.5 Å². The van der Waals surface area contributed by atoms with E-state index in [2.05, 4.69) is 62.0 Å². The molecule has 3 heterocycles. The molecular weight excluding hydrogens is 476 g/mol. The maximum Gasteiger partial charge on any atom is 0.255 e. The maximum atomic E-state index is 13.2. The van der Waals surface area contributed by atoms with Crippen LogP contribution in [0.25, 0.3) is 0 Å². The van der Waals surface area contributed by atoms with E-state index in [1.807, 2.05) is 31.9 Å². The third kappa shape index (κ3) is 5.07. The van der Waals surface area contributed by atoms with E-state index in [1.165, 1.54) is 11.3 Å². The number of amides is 1. The van der Waals surface area contributed by atoms with Gasteiger partial charge in [-0.25, -0.2) is 0 Å². The van der Waals surface area contributed by atoms with Crippen LogP contribution in [0.1, 0.15) is 59.8 Å². The number of aromatic nitrogens is 1. The molecular formula is C27H35BrN4O. The molecule has 0 aliphatic carbocycles. The molecule has 4 rings (SSSR count). The summed E-state index contributed by atoms with van der Waals surface area (Å²) in [7, 11) is 1.92. The van der Waals surface area contributed by atoms with Crippen LogP contribution in [0.2, 0.25) is 0 Å². The molecule has 0 spiro atoms. The molecule has 1 aromatic carbocycles. The van der Waals surface area contributed by atoms with Gasteiger partial charge < -0.3 is 4.90 Å². The number of halogens is 1. The van der Waals surface area contributed by atoms with E-state index in [-0.39, 0.29) is 11.4 Å². The standard InChI is InChI=1S/C27H35BrN4O/c1-19-9-14-30-20(2)24(19)26(33)31-17-12-27(3,13-18-31)32-15-10-22(11-16-32)25(29-4)21-5-7-23(28)8-6-21/h5-9,14,22H,10-13,15-18H2,1-4H3. The number of carbonyl (C=O) groups is 1. The number of aryl methyl sites for hydroxylation is 2. The summed E-state index contributed by atoms with van der Waals surface area (Å²) in [6, 6.07) is 10.5. The summed E-state index contributed by atoms with van der Waals surface area (Å²) in [5, 5.41) is 0. The maximum absolute atomic E-state index is 13.2. The first-order valence-corrected chi connectivity index (χ1v) is 12.8. The Morgan fingerprint density at radius 2 is 1.70 bits per heavy atom. The molecule has 1 amide bonds. The van der Waals surface area contributed by atoms with Gasteiger partial charge >= 0.3 is 0 Å². The van der Waals surface area contributed by atoms with Gasteiger partial charge in [0.15, 0.2) is 0 Å². The normalized spacial score (nSPS) is 20.2. The second kappa shape index (κ2) is 10.1. The number of piperidine rings is 2. The van der Waals surface area contributed by atoms with E-state index in [4.69, 9.17) is 0 Å². The predicted molar refractivity (Wildman–Crippen MR) is 138 cm³/mol. The van der Waals surface area contributed by atoms with Crippen LogP contribution in [0.3, 0.4) is 0 Å². The van der Waals surface area contributed by atoms with Gasteiger partial charge in [-0.15, -0.1) is 0 Å². The largest absolute Gasteiger partial charge is 0.338 e. The van der Waals surface area contributed by atoms with Crippen LogP contribution in [0, 0.1) is 19.8 Å². The summed E-state index contributed by atoms with van der Waals surface area (Å²) in [6.07, 6.45) is 6.08. The highest BCUT2D eigenvalue weighted by Crippen LogP contribution is 2.34. The summed E-state index contributed by atoms with van der Waals surface area (Å²) < 4.78 is 1.10. The van der Waals surface area contributed by atoms with E-state index < -0.39 is 0 Å². The van der Waals surface area contributed by atoms with Gasteiger partial charge in [0.05, 0.1) is 11.3 Å². The van der Waals surface area contributed by atoms with Crippen molar-refractivity contribution in [3.05, 3.63) is 63.4 Å². The quantitative estimate of drug-likeness (QED) is 0.525. The Hall–Kier alpha value is -2.05. The Morgan fingerprint density at radius 1 is 1.06 bits per heavy atom. The molecule has 0 saturated carbocycles. The average molecular weight is 512 g/mol. The molecule has 2 fully saturated rings. The lowest BCUT2D eigenvalue weighted by molar-refractivity contribution is 0.0164. The molecule has 0 unspecified atom stereocenters. The van der Waals surface area contributed by atoms with Crippen LogP contribution >= 0.6 is 15.9 Å². The third-order valence-electron chi connectivity index (χ3n) is 7.72. The molecule has 2 aliphatic heterocycles. The zero-order valence-electron chi connectivity index (χ0n) is 20.3. The van der Waals surface area contributed by atoms with E-state index in [0.717, 1.165) is 73.2 Å². The molecule has 0 N–H and O–H groups in total. The van der Waals surface area contributed by atoms with E-state index in [1.54, 1.807) is 6.20 Å². The number of aliphatic imine (C=N–C) groups is 1. The number of nitrogens with zero attached hydrogens (tertiary/aromatic N) is 4. The van der Waals surface area contributed by atoms with Crippen LogP contribution in [-0.2, 0) is 0 Å². The van der Waals surface area contributed by atoms with Crippen molar-refractivity contribution in [1.82, 2.24) is 14.8 Å². The Labute approximate surface area is 206 Å². The minimum Gasteiger partial charge on any atom is -0.338 e. The summed E-state index contributed by atoms with van der Waals surface area (Å²) >= 11 is 3.53. The molecule has 6 heteroatoms. The van der Waals surface area contributed by atoms with Crippen molar-refractivity contribution in [2.24, 2.45) is 10.9 Å². The predicted octanol–water partition coefficient (Wildman–Crippen LogP) is 5.29. The molecule has 2 saturated heterocycles. The molecule has 176 valence electrons. The Kier molecular flexibility index (Phi) is 7.34. The molecule has 0 bridgehead atoms. The lowest BCUT2D eigenvalue weighted by Gasteiger charge is -2.49. The van der Waals surface area contributed by atoms with Gasteiger partial charge in [0.1, 0.15) is 0 Å². The average Bonchev–Trinajstić information content (AvgIpc) is 2.81. The van der Waals surface area contributed by atoms with E-state index in [9.17, 15) is 4.79 Å². The summed E-state index contributed by atoms with van der Waals surface area (Å²) in [5.74, 6) is 0.645. The fourth-order valence-electron chi connectivity index (χ4n) is 5.54. The van der Waals surface area contributed by atoms with Crippen molar-refractivity contribution in [3.8, 4) is 0 Å². The summed E-state index contributed by atoms with van der Waals surface area (Å²) in [4.78, 5) is 26.9. The highest BCUT2D eigenvalue weighted by molar-refractivity contribution is 9.10. The van der Waals surface area contributed by atoms with Crippen molar-refractivity contribution in [2.45, 2.75) is 52.0 Å². The number of hydrogen-bond donors (Lipinski definition) is 0. The van der Waals surface area contributed by atoms with Gasteiger partial charge in [-0.1, -0.05) is 28.1 Å². The molecule has 2 aromatic rings. The molecule has 0 radical (unpaired) electrons. The second-order valence-corrected chi connectivity index (χ2v) is 10.7. The van der Waals surface area contributed by atoms with Crippen LogP contribution in [0.5, 0.6) is 0 Å². The lowest BCUT2D eigenvalue weighted by atomic mass is 9.82. The van der Waals surface area contributed by atoms with Crippen molar-refractivity contribution in [1.29, 1.82) is 0 Å². The number of likely N-dealkylation sites (tertiary alicyclic amines) is 2. The van der Waals surface area contributed by atoms with Crippen LogP contribution in [0.15, 0.2) is 46.0 Å². The Balaban J connectivity index is 1.36. The first-order valence-electron chi connectivity index (χ1n) is 12.0. The zero-order valence-corrected chi connectivity index (χ0v) is 21.9. The topological polar surface area (TPSA) is 48.8 Å². The number of pyridine rings is 1. The minimum atomic E-state index is 0.136. The second-order valence-electron chi connectivity index (χ2n) is 9.75. The molecule has 1 aromatic heterocycles. The van der Waals surface area contributed by atoms with Crippen LogP contribution < -0.4 is 0 Å². The summed E-state index contributed by atoms with van der Waals surface area (Å²) in [6.45, 7) is 10.1. The molecule has 2 aliphatic rings. The fraction of sp³-hybridized carbons (Fsp3) is 0.519. The first-order chi connectivity index (χ1) is 15.8. The van der Waals surface area contributed by atoms with Gasteiger partial charge in [0.25, 0.3) is 5.91 Å². The zero-order chi connectivity index (χ0) is 23.6. The monoisotopic (exact) mass is 510 g/mol. The van der Waals surface area contributed by atoms with Gasteiger partial charge in [-0.3, -0.25) is 19.7 Å². The van der Waals surface area contributed by atoms with Gasteiger partial charge in [0.2, 0.25) is 0 Å². The smallest absolute Gasteiger partial charge is 0.255 e. The van der Waals surface area contributed by atoms with E-state index >= 15 is 0 Å². The summed E-state index contributed by atoms with van der Waals surface area (Å²) in [5.41, 5.74) is 5.24. The van der Waals surface area contributed by atoms with Gasteiger partial charge in [-0.05, 0) is 88.9 Å². The third-order valence-corrected chi connectivity index (χ3v) is 8.25. The van der Waals surface area contributed by atoms with Crippen molar-refractivity contribution in [3.63, 3.8) is 0 Å². The molecule has 5 nitrogen and oxygen atoms in total. The number of rotatable bonds is 4. The Morgan fingerprint density at radius 3 is 2.27 bits per heavy atom. The van der Waals surface area contributed by atoms with Gasteiger partial charge in [0, 0.05) is 48.0 Å². The van der Waals surface area contributed by atoms with Crippen molar-refractivity contribution < 1.29 is 4.79 Å². The number of benzene rings is 1. The number of hydrogen-bond acceptors (Lipinski definition) is 4. The van der Waals surface area contributed by atoms with Crippen LogP contribution in [0.4, 0.5) is 0 Å².